The summed E-state index contributed by atoms with van der Waals surface area (Å²) in [4.78, 5) is 44.3. The third-order valence-electron chi connectivity index (χ3n) is 6.17. The SMILES string of the molecule is CCCc1cnc(Nc2ccnc(C3CCN(C(=O)[C@@H]4COCCN4C(=O)OC(C)(C)C)CC3)n2)s1. The number of hydrogen-bond donors (Lipinski definition) is 1. The van der Waals surface area contributed by atoms with Crippen molar-refractivity contribution in [3.8, 4) is 0 Å². The molecule has 196 valence electrons. The molecule has 0 radical (unpaired) electrons. The van der Waals surface area contributed by atoms with Crippen LogP contribution in [-0.2, 0) is 20.7 Å². The van der Waals surface area contributed by atoms with Gasteiger partial charge in [-0.2, -0.15) is 0 Å². The largest absolute Gasteiger partial charge is 0.444 e. The molecule has 2 aliphatic heterocycles. The summed E-state index contributed by atoms with van der Waals surface area (Å²) in [5, 5.41) is 4.12. The lowest BCUT2D eigenvalue weighted by molar-refractivity contribution is -0.143. The number of nitrogens with zero attached hydrogens (tertiary/aromatic N) is 5. The van der Waals surface area contributed by atoms with E-state index in [0.717, 1.165) is 42.5 Å². The topological polar surface area (TPSA) is 110 Å². The van der Waals surface area contributed by atoms with E-state index < -0.39 is 17.7 Å². The average molecular weight is 517 g/mol. The highest BCUT2D eigenvalue weighted by Crippen LogP contribution is 2.28. The number of nitrogens with one attached hydrogen (secondary N) is 1. The molecule has 10 nitrogen and oxygen atoms in total. The van der Waals surface area contributed by atoms with Crippen molar-refractivity contribution in [1.82, 2.24) is 24.8 Å². The molecule has 0 aliphatic carbocycles. The molecule has 1 N–H and O–H groups in total. The first-order valence-corrected chi connectivity index (χ1v) is 13.5. The van der Waals surface area contributed by atoms with Crippen molar-refractivity contribution in [2.75, 3.05) is 38.2 Å². The minimum absolute atomic E-state index is 0.0954. The van der Waals surface area contributed by atoms with Crippen molar-refractivity contribution in [3.05, 3.63) is 29.2 Å². The van der Waals surface area contributed by atoms with E-state index in [9.17, 15) is 9.59 Å². The third-order valence-corrected chi connectivity index (χ3v) is 7.15. The maximum atomic E-state index is 13.3. The Kier molecular flexibility index (Phi) is 8.40. The molecule has 0 bridgehead atoms. The van der Waals surface area contributed by atoms with E-state index in [-0.39, 0.29) is 18.4 Å². The van der Waals surface area contributed by atoms with Gasteiger partial charge in [0.25, 0.3) is 0 Å². The number of carbonyl (C=O) groups is 2. The second-order valence-electron chi connectivity index (χ2n) is 10.2. The lowest BCUT2D eigenvalue weighted by Gasteiger charge is -2.39. The fourth-order valence-electron chi connectivity index (χ4n) is 4.39. The zero-order valence-electron chi connectivity index (χ0n) is 21.5. The number of rotatable bonds is 6. The number of thiazole rings is 1. The molecular weight excluding hydrogens is 480 g/mol. The average Bonchev–Trinajstić information content (AvgIpc) is 3.30. The standard InChI is InChI=1S/C25H36N6O4S/c1-5-6-18-15-27-23(36-18)29-20-7-10-26-21(28-20)17-8-11-30(12-9-17)22(32)19-16-34-14-13-31(19)24(33)35-25(2,3)4/h7,10,15,17,19H,5-6,8-9,11-14,16H2,1-4H3,(H,26,27,28,29)/t19-/m0/s1. The number of amides is 2. The van der Waals surface area contributed by atoms with Crippen molar-refractivity contribution < 1.29 is 19.1 Å². The van der Waals surface area contributed by atoms with Gasteiger partial charge >= 0.3 is 6.09 Å². The third kappa shape index (κ3) is 6.70. The summed E-state index contributed by atoms with van der Waals surface area (Å²) in [6, 6.07) is 1.18. The van der Waals surface area contributed by atoms with Crippen molar-refractivity contribution >= 4 is 34.3 Å². The molecule has 2 saturated heterocycles. The van der Waals surface area contributed by atoms with Gasteiger partial charge in [0, 0.05) is 42.8 Å². The molecule has 4 heterocycles. The van der Waals surface area contributed by atoms with Gasteiger partial charge < -0.3 is 19.7 Å². The number of anilines is 2. The van der Waals surface area contributed by atoms with Crippen molar-refractivity contribution in [3.63, 3.8) is 0 Å². The Morgan fingerprint density at radius 2 is 2.00 bits per heavy atom. The normalized spacial score (nSPS) is 19.3. The number of hydrogen-bond acceptors (Lipinski definition) is 9. The van der Waals surface area contributed by atoms with Crippen molar-refractivity contribution in [2.24, 2.45) is 0 Å². The molecular formula is C25H36N6O4S. The van der Waals surface area contributed by atoms with Crippen LogP contribution in [-0.4, -0.2) is 81.2 Å². The molecule has 2 aliphatic rings. The van der Waals surface area contributed by atoms with Crippen LogP contribution in [0.15, 0.2) is 18.5 Å². The summed E-state index contributed by atoms with van der Waals surface area (Å²) < 4.78 is 11.1. The maximum absolute atomic E-state index is 13.3. The molecule has 2 fully saturated rings. The maximum Gasteiger partial charge on any atom is 0.411 e. The molecule has 4 rings (SSSR count). The van der Waals surface area contributed by atoms with E-state index in [0.29, 0.717) is 26.2 Å². The summed E-state index contributed by atoms with van der Waals surface area (Å²) in [5.74, 6) is 1.56. The molecule has 0 aromatic carbocycles. The first-order chi connectivity index (χ1) is 17.2. The van der Waals surface area contributed by atoms with Gasteiger partial charge in [0.05, 0.1) is 13.2 Å². The Labute approximate surface area is 216 Å². The molecule has 0 saturated carbocycles. The Balaban J connectivity index is 1.34. The Bertz CT molecular complexity index is 1050. The highest BCUT2D eigenvalue weighted by molar-refractivity contribution is 7.15. The first-order valence-electron chi connectivity index (χ1n) is 12.6. The molecule has 2 amide bonds. The highest BCUT2D eigenvalue weighted by Gasteiger charge is 2.39. The molecule has 0 unspecified atom stereocenters. The van der Waals surface area contributed by atoms with Gasteiger partial charge in [0.2, 0.25) is 5.91 Å². The first kappa shape index (κ1) is 26.3. The van der Waals surface area contributed by atoms with Crippen LogP contribution < -0.4 is 5.32 Å². The molecule has 1 atom stereocenters. The minimum Gasteiger partial charge on any atom is -0.444 e. The minimum atomic E-state index is -0.662. The molecule has 2 aromatic heterocycles. The zero-order chi connectivity index (χ0) is 25.7. The van der Waals surface area contributed by atoms with E-state index >= 15 is 0 Å². The molecule has 0 spiro atoms. The number of ether oxygens (including phenoxy) is 2. The summed E-state index contributed by atoms with van der Waals surface area (Å²) in [7, 11) is 0. The van der Waals surface area contributed by atoms with Gasteiger partial charge in [-0.25, -0.2) is 19.7 Å². The number of aromatic nitrogens is 3. The predicted molar refractivity (Wildman–Crippen MR) is 138 cm³/mol. The van der Waals surface area contributed by atoms with Crippen LogP contribution in [0.1, 0.15) is 63.6 Å². The van der Waals surface area contributed by atoms with E-state index in [1.54, 1.807) is 17.5 Å². The predicted octanol–water partition coefficient (Wildman–Crippen LogP) is 3.97. The van der Waals surface area contributed by atoms with E-state index in [4.69, 9.17) is 14.5 Å². The monoisotopic (exact) mass is 516 g/mol. The lowest BCUT2D eigenvalue weighted by atomic mass is 9.95. The summed E-state index contributed by atoms with van der Waals surface area (Å²) in [6.45, 7) is 9.70. The summed E-state index contributed by atoms with van der Waals surface area (Å²) >= 11 is 1.64. The van der Waals surface area contributed by atoms with Gasteiger partial charge in [0.1, 0.15) is 23.3 Å². The lowest BCUT2D eigenvalue weighted by Crippen LogP contribution is -2.58. The van der Waals surface area contributed by atoms with E-state index in [2.05, 4.69) is 22.2 Å². The number of carbonyl (C=O) groups excluding carboxylic acids is 2. The quantitative estimate of drug-likeness (QED) is 0.614. The second-order valence-corrected chi connectivity index (χ2v) is 11.3. The fourth-order valence-corrected chi connectivity index (χ4v) is 5.31. The molecule has 2 aromatic rings. The van der Waals surface area contributed by atoms with Gasteiger partial charge in [-0.1, -0.05) is 13.3 Å². The number of aryl methyl sites for hydroxylation is 1. The van der Waals surface area contributed by atoms with Crippen molar-refractivity contribution in [2.45, 2.75) is 70.9 Å². The Morgan fingerprint density at radius 1 is 1.22 bits per heavy atom. The van der Waals surface area contributed by atoms with Crippen molar-refractivity contribution in [1.29, 1.82) is 0 Å². The zero-order valence-corrected chi connectivity index (χ0v) is 22.3. The number of piperidine rings is 1. The van der Waals surface area contributed by atoms with Gasteiger partial charge in [0.15, 0.2) is 5.13 Å². The van der Waals surface area contributed by atoms with Crippen LogP contribution in [0.3, 0.4) is 0 Å². The van der Waals surface area contributed by atoms with E-state index in [1.807, 2.05) is 37.9 Å². The van der Waals surface area contributed by atoms with Crippen LogP contribution in [0.4, 0.5) is 15.7 Å². The highest BCUT2D eigenvalue weighted by atomic mass is 32.1. The molecule has 36 heavy (non-hydrogen) atoms. The van der Waals surface area contributed by atoms with E-state index in [1.165, 1.54) is 9.78 Å². The van der Waals surface area contributed by atoms with Gasteiger partial charge in [-0.05, 0) is 46.1 Å². The van der Waals surface area contributed by atoms with Crippen LogP contribution >= 0.6 is 11.3 Å². The van der Waals surface area contributed by atoms with Gasteiger partial charge in [-0.15, -0.1) is 11.3 Å². The number of likely N-dealkylation sites (tertiary alicyclic amines) is 1. The van der Waals surface area contributed by atoms with Crippen LogP contribution in [0.25, 0.3) is 0 Å². The van der Waals surface area contributed by atoms with Crippen LogP contribution in [0.2, 0.25) is 0 Å². The Morgan fingerprint density at radius 3 is 2.72 bits per heavy atom. The van der Waals surface area contributed by atoms with Crippen LogP contribution in [0, 0.1) is 0 Å². The molecule has 11 heteroatoms. The number of morpholine rings is 1. The summed E-state index contributed by atoms with van der Waals surface area (Å²) in [5.41, 5.74) is -0.623. The Hall–Kier alpha value is -2.79. The fraction of sp³-hybridized carbons (Fsp3) is 0.640. The smallest absolute Gasteiger partial charge is 0.411 e. The summed E-state index contributed by atoms with van der Waals surface area (Å²) in [6.07, 6.45) is 6.83. The van der Waals surface area contributed by atoms with Gasteiger partial charge in [-0.3, -0.25) is 9.69 Å². The second kappa shape index (κ2) is 11.5. The van der Waals surface area contributed by atoms with Crippen LogP contribution in [0.5, 0.6) is 0 Å².